The summed E-state index contributed by atoms with van der Waals surface area (Å²) in [6.45, 7) is 5.60. The molecule has 0 aliphatic carbocycles. The van der Waals surface area contributed by atoms with Crippen LogP contribution >= 0.6 is 12.4 Å². The molecule has 1 fully saturated rings. The Morgan fingerprint density at radius 3 is 2.73 bits per heavy atom. The van der Waals surface area contributed by atoms with Gasteiger partial charge in [-0.3, -0.25) is 9.59 Å². The number of Topliss-reactive ketones (excluding diaryl/α,β-unsaturated/α-hetero) is 1. The fraction of sp³-hybridized carbons (Fsp3) is 0.529. The first kappa shape index (κ1) is 18.7. The van der Waals surface area contributed by atoms with Gasteiger partial charge in [-0.15, -0.1) is 12.4 Å². The molecule has 1 atom stereocenters. The van der Waals surface area contributed by atoms with Gasteiger partial charge in [0.15, 0.2) is 5.78 Å². The molecule has 0 spiro atoms. The minimum Gasteiger partial charge on any atom is -0.355 e. The number of benzene rings is 1. The molecule has 1 saturated heterocycles. The zero-order valence-electron chi connectivity index (χ0n) is 13.3. The van der Waals surface area contributed by atoms with Gasteiger partial charge in [0.05, 0.1) is 0 Å². The van der Waals surface area contributed by atoms with E-state index in [0.717, 1.165) is 29.7 Å². The van der Waals surface area contributed by atoms with Crippen molar-refractivity contribution in [3.8, 4) is 0 Å². The van der Waals surface area contributed by atoms with Crippen molar-refractivity contribution in [1.82, 2.24) is 10.6 Å². The highest BCUT2D eigenvalue weighted by Crippen LogP contribution is 2.13. The minimum atomic E-state index is -0.0395. The molecule has 1 heterocycles. The molecule has 1 unspecified atom stereocenters. The van der Waals surface area contributed by atoms with Crippen molar-refractivity contribution in [1.29, 1.82) is 0 Å². The Hall–Kier alpha value is -1.39. The highest BCUT2D eigenvalue weighted by Gasteiger charge is 2.16. The molecular weight excluding hydrogens is 300 g/mol. The number of hydrogen-bond donors (Lipinski definition) is 2. The Bertz CT molecular complexity index is 525. The van der Waals surface area contributed by atoms with E-state index < -0.39 is 0 Å². The summed E-state index contributed by atoms with van der Waals surface area (Å²) in [6.07, 6.45) is 2.82. The first-order valence-electron chi connectivity index (χ1n) is 7.67. The third kappa shape index (κ3) is 5.43. The van der Waals surface area contributed by atoms with Crippen molar-refractivity contribution in [2.45, 2.75) is 45.6 Å². The molecule has 1 aromatic rings. The third-order valence-corrected chi connectivity index (χ3v) is 3.98. The monoisotopic (exact) mass is 324 g/mol. The third-order valence-electron chi connectivity index (χ3n) is 3.98. The molecule has 0 aromatic heterocycles. The van der Waals surface area contributed by atoms with Gasteiger partial charge in [0, 0.05) is 31.0 Å². The van der Waals surface area contributed by atoms with Crippen molar-refractivity contribution in [3.05, 3.63) is 34.9 Å². The molecule has 122 valence electrons. The summed E-state index contributed by atoms with van der Waals surface area (Å²) in [4.78, 5) is 24.0. The fourth-order valence-electron chi connectivity index (χ4n) is 2.65. The highest BCUT2D eigenvalue weighted by molar-refractivity contribution is 5.99. The van der Waals surface area contributed by atoms with Crippen molar-refractivity contribution in [2.75, 3.05) is 13.1 Å². The number of aryl methyl sites for hydroxylation is 2. The molecular formula is C17H25ClN2O2. The highest BCUT2D eigenvalue weighted by atomic mass is 35.5. The number of nitrogens with one attached hydrogen (secondary N) is 2. The molecule has 0 bridgehead atoms. The van der Waals surface area contributed by atoms with E-state index in [1.807, 2.05) is 32.0 Å². The molecule has 5 heteroatoms. The Morgan fingerprint density at radius 2 is 2.05 bits per heavy atom. The van der Waals surface area contributed by atoms with Crippen molar-refractivity contribution in [3.63, 3.8) is 0 Å². The summed E-state index contributed by atoms with van der Waals surface area (Å²) >= 11 is 0. The van der Waals surface area contributed by atoms with E-state index in [2.05, 4.69) is 10.6 Å². The van der Waals surface area contributed by atoms with Crippen molar-refractivity contribution < 1.29 is 9.59 Å². The lowest BCUT2D eigenvalue weighted by Crippen LogP contribution is -2.37. The maximum absolute atomic E-state index is 12.2. The van der Waals surface area contributed by atoms with Gasteiger partial charge in [0.1, 0.15) is 0 Å². The van der Waals surface area contributed by atoms with E-state index in [1.54, 1.807) is 0 Å². The molecule has 1 aromatic carbocycles. The van der Waals surface area contributed by atoms with Crippen LogP contribution in [-0.4, -0.2) is 30.8 Å². The van der Waals surface area contributed by atoms with E-state index in [1.165, 1.54) is 6.42 Å². The van der Waals surface area contributed by atoms with E-state index >= 15 is 0 Å². The second-order valence-electron chi connectivity index (χ2n) is 5.84. The number of carbonyl (C=O) groups excluding carboxylic acids is 2. The van der Waals surface area contributed by atoms with E-state index in [4.69, 9.17) is 0 Å². The number of hydrogen-bond acceptors (Lipinski definition) is 3. The molecule has 1 aliphatic heterocycles. The molecule has 1 aliphatic rings. The summed E-state index contributed by atoms with van der Waals surface area (Å²) in [5, 5.41) is 6.24. The topological polar surface area (TPSA) is 58.2 Å². The van der Waals surface area contributed by atoms with Crippen LogP contribution in [0.25, 0.3) is 0 Å². The smallest absolute Gasteiger partial charge is 0.220 e. The van der Waals surface area contributed by atoms with Gasteiger partial charge in [-0.2, -0.15) is 0 Å². The summed E-state index contributed by atoms with van der Waals surface area (Å²) in [5.74, 6) is 0.00713. The molecule has 1 amide bonds. The SMILES string of the molecule is Cc1ccc(C)c(C(=O)CCC(=O)NCC2CCCN2)c1.Cl. The fourth-order valence-corrected chi connectivity index (χ4v) is 2.65. The van der Waals surface area contributed by atoms with Crippen LogP contribution in [0.3, 0.4) is 0 Å². The molecule has 2 N–H and O–H groups in total. The second kappa shape index (κ2) is 8.91. The standard InChI is InChI=1S/C17H24N2O2.ClH/c1-12-5-6-13(2)15(10-12)16(20)7-8-17(21)19-11-14-4-3-9-18-14;/h5-6,10,14,18H,3-4,7-9,11H2,1-2H3,(H,19,21);1H. The van der Waals surface area contributed by atoms with Gasteiger partial charge in [-0.25, -0.2) is 0 Å². The molecule has 2 rings (SSSR count). The average Bonchev–Trinajstić information content (AvgIpc) is 2.98. The lowest BCUT2D eigenvalue weighted by molar-refractivity contribution is -0.121. The van der Waals surface area contributed by atoms with Gasteiger partial charge in [0.25, 0.3) is 0 Å². The van der Waals surface area contributed by atoms with Crippen LogP contribution < -0.4 is 10.6 Å². The summed E-state index contributed by atoms with van der Waals surface area (Å²) < 4.78 is 0. The molecule has 0 radical (unpaired) electrons. The van der Waals surface area contributed by atoms with Crippen molar-refractivity contribution in [2.24, 2.45) is 0 Å². The number of carbonyl (C=O) groups is 2. The van der Waals surface area contributed by atoms with Crippen LogP contribution in [0.5, 0.6) is 0 Å². The minimum absolute atomic E-state index is 0. The Balaban J connectivity index is 0.00000242. The maximum Gasteiger partial charge on any atom is 0.220 e. The number of halogens is 1. The lowest BCUT2D eigenvalue weighted by Gasteiger charge is -2.11. The number of rotatable bonds is 6. The van der Waals surface area contributed by atoms with Crippen LogP contribution in [0, 0.1) is 13.8 Å². The van der Waals surface area contributed by atoms with Gasteiger partial charge < -0.3 is 10.6 Å². The number of ketones is 1. The first-order valence-corrected chi connectivity index (χ1v) is 7.67. The second-order valence-corrected chi connectivity index (χ2v) is 5.84. The first-order chi connectivity index (χ1) is 10.1. The number of amides is 1. The Morgan fingerprint density at radius 1 is 1.27 bits per heavy atom. The predicted octanol–water partition coefficient (Wildman–Crippen LogP) is 2.56. The molecule has 22 heavy (non-hydrogen) atoms. The van der Waals surface area contributed by atoms with Gasteiger partial charge >= 0.3 is 0 Å². The van der Waals surface area contributed by atoms with Crippen LogP contribution in [0.4, 0.5) is 0 Å². The van der Waals surface area contributed by atoms with Crippen LogP contribution in [0.15, 0.2) is 18.2 Å². The van der Waals surface area contributed by atoms with Crippen LogP contribution in [0.2, 0.25) is 0 Å². The zero-order chi connectivity index (χ0) is 15.2. The maximum atomic E-state index is 12.2. The summed E-state index contributed by atoms with van der Waals surface area (Å²) in [5.41, 5.74) is 2.78. The molecule has 4 nitrogen and oxygen atoms in total. The quantitative estimate of drug-likeness (QED) is 0.791. The van der Waals surface area contributed by atoms with Gasteiger partial charge in [-0.05, 0) is 44.9 Å². The summed E-state index contributed by atoms with van der Waals surface area (Å²) in [6, 6.07) is 6.24. The summed E-state index contributed by atoms with van der Waals surface area (Å²) in [7, 11) is 0. The normalized spacial score (nSPS) is 16.9. The Kier molecular flexibility index (Phi) is 7.56. The lowest BCUT2D eigenvalue weighted by atomic mass is 9.99. The van der Waals surface area contributed by atoms with Crippen LogP contribution in [0.1, 0.15) is 47.2 Å². The van der Waals surface area contributed by atoms with E-state index in [0.29, 0.717) is 12.6 Å². The van der Waals surface area contributed by atoms with Crippen molar-refractivity contribution >= 4 is 24.1 Å². The largest absolute Gasteiger partial charge is 0.355 e. The van der Waals surface area contributed by atoms with E-state index in [-0.39, 0.29) is 36.9 Å². The predicted molar refractivity (Wildman–Crippen MR) is 90.8 cm³/mol. The van der Waals surface area contributed by atoms with Crippen LogP contribution in [-0.2, 0) is 4.79 Å². The van der Waals surface area contributed by atoms with Gasteiger partial charge in [0.2, 0.25) is 5.91 Å². The average molecular weight is 325 g/mol. The van der Waals surface area contributed by atoms with Gasteiger partial charge in [-0.1, -0.05) is 17.7 Å². The Labute approximate surface area is 138 Å². The van der Waals surface area contributed by atoms with E-state index in [9.17, 15) is 9.59 Å². The zero-order valence-corrected chi connectivity index (χ0v) is 14.1. The molecule has 0 saturated carbocycles.